The van der Waals surface area contributed by atoms with Crippen LogP contribution in [0.5, 0.6) is 0 Å². The van der Waals surface area contributed by atoms with Gasteiger partial charge in [0.2, 0.25) is 5.91 Å². The number of hydrogen-bond acceptors (Lipinski definition) is 3. The summed E-state index contributed by atoms with van der Waals surface area (Å²) in [7, 11) is 1.59. The van der Waals surface area contributed by atoms with E-state index in [0.29, 0.717) is 25.8 Å². The third-order valence-corrected chi connectivity index (χ3v) is 2.13. The first kappa shape index (κ1) is 13.9. The van der Waals surface area contributed by atoms with E-state index >= 15 is 0 Å². The van der Waals surface area contributed by atoms with Crippen molar-refractivity contribution in [1.82, 2.24) is 10.6 Å². The van der Waals surface area contributed by atoms with Crippen LogP contribution in [0.2, 0.25) is 0 Å². The molecule has 15 heavy (non-hydrogen) atoms. The van der Waals surface area contributed by atoms with E-state index in [4.69, 9.17) is 5.11 Å². The quantitative estimate of drug-likeness (QED) is 0.512. The summed E-state index contributed by atoms with van der Waals surface area (Å²) in [5, 5.41) is 14.3. The standard InChI is InChI=1S/C10H20N2O3/c1-3-5-8(10(14)15)12-7-4-6-9(13)11-2/h8,12H,3-7H2,1-2H3,(H,11,13)(H,14,15). The van der Waals surface area contributed by atoms with E-state index in [1.165, 1.54) is 0 Å². The SMILES string of the molecule is CCCC(NCCCC(=O)NC)C(=O)O. The molecular weight excluding hydrogens is 196 g/mol. The van der Waals surface area contributed by atoms with E-state index < -0.39 is 12.0 Å². The highest BCUT2D eigenvalue weighted by Gasteiger charge is 2.14. The van der Waals surface area contributed by atoms with Crippen molar-refractivity contribution in [1.29, 1.82) is 0 Å². The molecule has 1 unspecified atom stereocenters. The Bertz CT molecular complexity index is 207. The first-order valence-electron chi connectivity index (χ1n) is 5.28. The van der Waals surface area contributed by atoms with E-state index in [2.05, 4.69) is 10.6 Å². The zero-order valence-electron chi connectivity index (χ0n) is 9.38. The number of rotatable bonds is 8. The van der Waals surface area contributed by atoms with Crippen molar-refractivity contribution in [3.8, 4) is 0 Å². The van der Waals surface area contributed by atoms with E-state index in [-0.39, 0.29) is 5.91 Å². The molecule has 0 aromatic heterocycles. The fourth-order valence-corrected chi connectivity index (χ4v) is 1.25. The molecule has 0 fully saturated rings. The second kappa shape index (κ2) is 8.23. The molecule has 0 heterocycles. The second-order valence-corrected chi connectivity index (χ2v) is 3.41. The van der Waals surface area contributed by atoms with Gasteiger partial charge in [-0.15, -0.1) is 0 Å². The van der Waals surface area contributed by atoms with Crippen LogP contribution in [0.15, 0.2) is 0 Å². The fraction of sp³-hybridized carbons (Fsp3) is 0.800. The van der Waals surface area contributed by atoms with Crippen LogP contribution in [0.25, 0.3) is 0 Å². The van der Waals surface area contributed by atoms with Crippen molar-refractivity contribution >= 4 is 11.9 Å². The molecule has 5 heteroatoms. The Hall–Kier alpha value is -1.10. The summed E-state index contributed by atoms with van der Waals surface area (Å²) in [5.41, 5.74) is 0. The summed E-state index contributed by atoms with van der Waals surface area (Å²) in [6.07, 6.45) is 2.55. The summed E-state index contributed by atoms with van der Waals surface area (Å²) < 4.78 is 0. The number of amides is 1. The monoisotopic (exact) mass is 216 g/mol. The fourth-order valence-electron chi connectivity index (χ4n) is 1.25. The van der Waals surface area contributed by atoms with Crippen LogP contribution in [0, 0.1) is 0 Å². The van der Waals surface area contributed by atoms with Gasteiger partial charge in [0.25, 0.3) is 0 Å². The van der Waals surface area contributed by atoms with Crippen LogP contribution in [0.4, 0.5) is 0 Å². The molecular formula is C10H20N2O3. The Morgan fingerprint density at radius 3 is 2.53 bits per heavy atom. The molecule has 0 saturated carbocycles. The summed E-state index contributed by atoms with van der Waals surface area (Å²) in [6.45, 7) is 2.51. The molecule has 0 aromatic rings. The Morgan fingerprint density at radius 2 is 2.07 bits per heavy atom. The third kappa shape index (κ3) is 6.90. The number of aliphatic carboxylic acids is 1. The number of carboxylic acid groups (broad SMARTS) is 1. The minimum Gasteiger partial charge on any atom is -0.480 e. The molecule has 88 valence electrons. The number of carboxylic acids is 1. The van der Waals surface area contributed by atoms with Gasteiger partial charge in [-0.2, -0.15) is 0 Å². The van der Waals surface area contributed by atoms with Crippen molar-refractivity contribution in [2.75, 3.05) is 13.6 Å². The lowest BCUT2D eigenvalue weighted by Gasteiger charge is -2.12. The number of carbonyl (C=O) groups excluding carboxylic acids is 1. The van der Waals surface area contributed by atoms with Gasteiger partial charge in [-0.05, 0) is 19.4 Å². The largest absolute Gasteiger partial charge is 0.480 e. The zero-order chi connectivity index (χ0) is 11.7. The van der Waals surface area contributed by atoms with Crippen LogP contribution in [0.3, 0.4) is 0 Å². The predicted molar refractivity (Wildman–Crippen MR) is 57.6 cm³/mol. The van der Waals surface area contributed by atoms with Crippen LogP contribution >= 0.6 is 0 Å². The molecule has 0 aliphatic rings. The molecule has 5 nitrogen and oxygen atoms in total. The first-order chi connectivity index (χ1) is 7.11. The van der Waals surface area contributed by atoms with E-state index in [1.807, 2.05) is 6.92 Å². The smallest absolute Gasteiger partial charge is 0.320 e. The van der Waals surface area contributed by atoms with Crippen molar-refractivity contribution in [3.63, 3.8) is 0 Å². The highest BCUT2D eigenvalue weighted by Crippen LogP contribution is 1.97. The minimum atomic E-state index is -0.822. The van der Waals surface area contributed by atoms with Crippen LogP contribution in [-0.2, 0) is 9.59 Å². The lowest BCUT2D eigenvalue weighted by atomic mass is 10.1. The molecule has 0 aromatic carbocycles. The lowest BCUT2D eigenvalue weighted by molar-refractivity contribution is -0.139. The predicted octanol–water partition coefficient (Wildman–Crippen LogP) is 0.356. The van der Waals surface area contributed by atoms with Crippen molar-refractivity contribution in [3.05, 3.63) is 0 Å². The van der Waals surface area contributed by atoms with Crippen LogP contribution in [0.1, 0.15) is 32.6 Å². The van der Waals surface area contributed by atoms with Gasteiger partial charge in [-0.1, -0.05) is 13.3 Å². The summed E-state index contributed by atoms with van der Waals surface area (Å²) in [6, 6.07) is -0.486. The number of hydrogen-bond donors (Lipinski definition) is 3. The van der Waals surface area contributed by atoms with E-state index in [0.717, 1.165) is 6.42 Å². The van der Waals surface area contributed by atoms with Gasteiger partial charge in [0, 0.05) is 13.5 Å². The van der Waals surface area contributed by atoms with E-state index in [9.17, 15) is 9.59 Å². The van der Waals surface area contributed by atoms with Gasteiger partial charge < -0.3 is 15.7 Å². The normalized spacial score (nSPS) is 12.1. The molecule has 0 rings (SSSR count). The summed E-state index contributed by atoms with van der Waals surface area (Å²) in [5.74, 6) is -0.837. The minimum absolute atomic E-state index is 0.0147. The molecule has 0 radical (unpaired) electrons. The Labute approximate surface area is 90.2 Å². The zero-order valence-corrected chi connectivity index (χ0v) is 9.38. The summed E-state index contributed by atoms with van der Waals surface area (Å²) in [4.78, 5) is 21.6. The van der Waals surface area contributed by atoms with Gasteiger partial charge in [-0.25, -0.2) is 0 Å². The second-order valence-electron chi connectivity index (χ2n) is 3.41. The Morgan fingerprint density at radius 1 is 1.40 bits per heavy atom. The topological polar surface area (TPSA) is 78.4 Å². The van der Waals surface area contributed by atoms with E-state index in [1.54, 1.807) is 7.05 Å². The van der Waals surface area contributed by atoms with Crippen LogP contribution in [-0.4, -0.2) is 36.6 Å². The first-order valence-corrected chi connectivity index (χ1v) is 5.28. The molecule has 0 bridgehead atoms. The summed E-state index contributed by atoms with van der Waals surface area (Å²) >= 11 is 0. The molecule has 1 amide bonds. The molecule has 0 aliphatic heterocycles. The number of nitrogens with one attached hydrogen (secondary N) is 2. The van der Waals surface area contributed by atoms with Gasteiger partial charge in [0.1, 0.15) is 6.04 Å². The van der Waals surface area contributed by atoms with Gasteiger partial charge in [-0.3, -0.25) is 9.59 Å². The maximum atomic E-state index is 10.9. The Balaban J connectivity index is 3.62. The maximum Gasteiger partial charge on any atom is 0.320 e. The highest BCUT2D eigenvalue weighted by atomic mass is 16.4. The molecule has 3 N–H and O–H groups in total. The van der Waals surface area contributed by atoms with Crippen molar-refractivity contribution in [2.45, 2.75) is 38.6 Å². The van der Waals surface area contributed by atoms with Gasteiger partial charge in [0.15, 0.2) is 0 Å². The lowest BCUT2D eigenvalue weighted by Crippen LogP contribution is -2.37. The average Bonchev–Trinajstić information content (AvgIpc) is 2.21. The Kier molecular flexibility index (Phi) is 7.62. The molecule has 0 saturated heterocycles. The molecule has 1 atom stereocenters. The average molecular weight is 216 g/mol. The highest BCUT2D eigenvalue weighted by molar-refractivity contribution is 5.75. The number of carbonyl (C=O) groups is 2. The maximum absolute atomic E-state index is 10.9. The van der Waals surface area contributed by atoms with Gasteiger partial charge in [0.05, 0.1) is 0 Å². The van der Waals surface area contributed by atoms with Crippen molar-refractivity contribution < 1.29 is 14.7 Å². The van der Waals surface area contributed by atoms with Crippen molar-refractivity contribution in [2.24, 2.45) is 0 Å². The van der Waals surface area contributed by atoms with Crippen LogP contribution < -0.4 is 10.6 Å². The molecule has 0 aliphatic carbocycles. The third-order valence-electron chi connectivity index (χ3n) is 2.13. The van der Waals surface area contributed by atoms with Gasteiger partial charge >= 0.3 is 5.97 Å². The molecule has 0 spiro atoms.